The predicted octanol–water partition coefficient (Wildman–Crippen LogP) is 0.153. The van der Waals surface area contributed by atoms with Crippen molar-refractivity contribution in [3.05, 3.63) is 0 Å². The number of unbranched alkanes of at least 4 members (excludes halogenated alkanes) is 1. The van der Waals surface area contributed by atoms with Gasteiger partial charge >= 0.3 is 0 Å². The van der Waals surface area contributed by atoms with Crippen LogP contribution in [0.5, 0.6) is 0 Å². The standard InChI is InChI=1S/C11H21N3O2S/c1-2-3-4-10(15)14-8-17-7-9(14)11(16)13-6-5-12/h9H,2-8,12H2,1H3,(H,13,16). The first kappa shape index (κ1) is 14.3. The van der Waals surface area contributed by atoms with Gasteiger partial charge in [-0.15, -0.1) is 11.8 Å². The van der Waals surface area contributed by atoms with E-state index in [4.69, 9.17) is 5.73 Å². The maximum absolute atomic E-state index is 11.9. The number of carbonyl (C=O) groups excluding carboxylic acids is 2. The minimum Gasteiger partial charge on any atom is -0.353 e. The van der Waals surface area contributed by atoms with Crippen LogP contribution < -0.4 is 11.1 Å². The fourth-order valence-corrected chi connectivity index (χ4v) is 2.87. The van der Waals surface area contributed by atoms with Gasteiger partial charge in [-0.05, 0) is 6.42 Å². The third-order valence-electron chi connectivity index (χ3n) is 2.69. The molecular formula is C11H21N3O2S. The number of thioether (sulfide) groups is 1. The van der Waals surface area contributed by atoms with E-state index in [-0.39, 0.29) is 17.9 Å². The monoisotopic (exact) mass is 259 g/mol. The molecule has 1 aliphatic heterocycles. The van der Waals surface area contributed by atoms with E-state index in [9.17, 15) is 9.59 Å². The Labute approximate surface area is 106 Å². The first-order valence-corrected chi connectivity index (χ1v) is 7.21. The normalized spacial score (nSPS) is 19.4. The molecule has 0 radical (unpaired) electrons. The molecule has 1 saturated heterocycles. The maximum Gasteiger partial charge on any atom is 0.243 e. The molecule has 17 heavy (non-hydrogen) atoms. The zero-order chi connectivity index (χ0) is 12.7. The molecule has 1 rings (SSSR count). The van der Waals surface area contributed by atoms with E-state index in [1.807, 2.05) is 0 Å². The van der Waals surface area contributed by atoms with Gasteiger partial charge in [0, 0.05) is 25.3 Å². The Morgan fingerprint density at radius 1 is 1.53 bits per heavy atom. The smallest absolute Gasteiger partial charge is 0.243 e. The van der Waals surface area contributed by atoms with Crippen molar-refractivity contribution in [2.75, 3.05) is 24.7 Å². The molecule has 0 aromatic carbocycles. The molecule has 2 amide bonds. The minimum absolute atomic E-state index is 0.0784. The molecule has 5 nitrogen and oxygen atoms in total. The molecule has 1 unspecified atom stereocenters. The van der Waals surface area contributed by atoms with Crippen LogP contribution in [0, 0.1) is 0 Å². The fourth-order valence-electron chi connectivity index (χ4n) is 1.69. The second-order valence-corrected chi connectivity index (χ2v) is 5.06. The Morgan fingerprint density at radius 2 is 2.29 bits per heavy atom. The molecule has 0 spiro atoms. The van der Waals surface area contributed by atoms with Crippen molar-refractivity contribution < 1.29 is 9.59 Å². The molecule has 3 N–H and O–H groups in total. The average molecular weight is 259 g/mol. The van der Waals surface area contributed by atoms with E-state index in [0.717, 1.165) is 12.8 Å². The van der Waals surface area contributed by atoms with Gasteiger partial charge in [0.1, 0.15) is 6.04 Å². The van der Waals surface area contributed by atoms with Crippen LogP contribution in [0.1, 0.15) is 26.2 Å². The third kappa shape index (κ3) is 4.20. The van der Waals surface area contributed by atoms with Gasteiger partial charge in [0.2, 0.25) is 11.8 Å². The van der Waals surface area contributed by atoms with Gasteiger partial charge in [0.15, 0.2) is 0 Å². The zero-order valence-corrected chi connectivity index (χ0v) is 11.1. The Hall–Kier alpha value is -0.750. The quantitative estimate of drug-likeness (QED) is 0.712. The summed E-state index contributed by atoms with van der Waals surface area (Å²) < 4.78 is 0. The number of nitrogens with zero attached hydrogens (tertiary/aromatic N) is 1. The summed E-state index contributed by atoms with van der Waals surface area (Å²) in [5, 5.41) is 2.74. The molecule has 6 heteroatoms. The Kier molecular flexibility index (Phi) is 6.36. The molecule has 1 fully saturated rings. The van der Waals surface area contributed by atoms with Crippen LogP contribution in [-0.2, 0) is 9.59 Å². The molecule has 0 aromatic heterocycles. The van der Waals surface area contributed by atoms with Gasteiger partial charge in [0.05, 0.1) is 5.88 Å². The average Bonchev–Trinajstić information content (AvgIpc) is 2.82. The summed E-state index contributed by atoms with van der Waals surface area (Å²) in [5.74, 6) is 1.33. The molecule has 1 heterocycles. The Balaban J connectivity index is 2.47. The topological polar surface area (TPSA) is 75.4 Å². The third-order valence-corrected chi connectivity index (χ3v) is 3.71. The summed E-state index contributed by atoms with van der Waals surface area (Å²) in [4.78, 5) is 25.4. The van der Waals surface area contributed by atoms with Gasteiger partial charge in [-0.1, -0.05) is 13.3 Å². The van der Waals surface area contributed by atoms with Gasteiger partial charge in [-0.3, -0.25) is 9.59 Å². The highest BCUT2D eigenvalue weighted by atomic mass is 32.2. The maximum atomic E-state index is 11.9. The molecule has 0 bridgehead atoms. The molecule has 0 aromatic rings. The summed E-state index contributed by atoms with van der Waals surface area (Å²) in [6.45, 7) is 2.95. The fraction of sp³-hybridized carbons (Fsp3) is 0.818. The summed E-state index contributed by atoms with van der Waals surface area (Å²) in [7, 11) is 0. The first-order valence-electron chi connectivity index (χ1n) is 6.05. The number of rotatable bonds is 6. The predicted molar refractivity (Wildman–Crippen MR) is 69.5 cm³/mol. The summed E-state index contributed by atoms with van der Waals surface area (Å²) in [5.41, 5.74) is 5.34. The summed E-state index contributed by atoms with van der Waals surface area (Å²) >= 11 is 1.63. The molecule has 98 valence electrons. The number of nitrogens with one attached hydrogen (secondary N) is 1. The van der Waals surface area contributed by atoms with E-state index in [1.54, 1.807) is 16.7 Å². The highest BCUT2D eigenvalue weighted by Crippen LogP contribution is 2.22. The lowest BCUT2D eigenvalue weighted by Gasteiger charge is -2.22. The molecule has 0 aliphatic carbocycles. The van der Waals surface area contributed by atoms with E-state index >= 15 is 0 Å². The summed E-state index contributed by atoms with van der Waals surface area (Å²) in [6, 6.07) is -0.309. The number of carbonyl (C=O) groups is 2. The molecular weight excluding hydrogens is 238 g/mol. The van der Waals surface area contributed by atoms with E-state index in [1.165, 1.54) is 0 Å². The number of hydrogen-bond donors (Lipinski definition) is 2. The number of hydrogen-bond acceptors (Lipinski definition) is 4. The second-order valence-electron chi connectivity index (χ2n) is 4.06. The van der Waals surface area contributed by atoms with Crippen molar-refractivity contribution in [2.24, 2.45) is 5.73 Å². The Bertz CT molecular complexity index is 247. The van der Waals surface area contributed by atoms with Crippen molar-refractivity contribution >= 4 is 23.6 Å². The number of amides is 2. The van der Waals surface area contributed by atoms with Crippen LogP contribution in [0.2, 0.25) is 0 Å². The van der Waals surface area contributed by atoms with Gasteiger partial charge in [-0.25, -0.2) is 0 Å². The number of nitrogens with two attached hydrogens (primary N) is 1. The lowest BCUT2D eigenvalue weighted by atomic mass is 10.2. The van der Waals surface area contributed by atoms with Crippen molar-refractivity contribution in [3.8, 4) is 0 Å². The van der Waals surface area contributed by atoms with Gasteiger partial charge in [0.25, 0.3) is 0 Å². The van der Waals surface area contributed by atoms with Crippen molar-refractivity contribution in [1.29, 1.82) is 0 Å². The van der Waals surface area contributed by atoms with E-state index < -0.39 is 0 Å². The molecule has 1 aliphatic rings. The zero-order valence-electron chi connectivity index (χ0n) is 10.3. The van der Waals surface area contributed by atoms with E-state index in [2.05, 4.69) is 12.2 Å². The highest BCUT2D eigenvalue weighted by molar-refractivity contribution is 7.99. The van der Waals surface area contributed by atoms with Crippen LogP contribution in [0.4, 0.5) is 0 Å². The molecule has 1 atom stereocenters. The molecule has 0 saturated carbocycles. The minimum atomic E-state index is -0.309. The lowest BCUT2D eigenvalue weighted by molar-refractivity contribution is -0.138. The lowest BCUT2D eigenvalue weighted by Crippen LogP contribution is -2.48. The largest absolute Gasteiger partial charge is 0.353 e. The SMILES string of the molecule is CCCCC(=O)N1CSCC1C(=O)NCCN. The summed E-state index contributed by atoms with van der Waals surface area (Å²) in [6.07, 6.45) is 2.42. The van der Waals surface area contributed by atoms with Crippen LogP contribution in [0.25, 0.3) is 0 Å². The van der Waals surface area contributed by atoms with Crippen LogP contribution in [-0.4, -0.2) is 47.5 Å². The highest BCUT2D eigenvalue weighted by Gasteiger charge is 2.33. The van der Waals surface area contributed by atoms with Crippen molar-refractivity contribution in [1.82, 2.24) is 10.2 Å². The second kappa shape index (κ2) is 7.55. The van der Waals surface area contributed by atoms with Crippen molar-refractivity contribution in [2.45, 2.75) is 32.2 Å². The van der Waals surface area contributed by atoms with Crippen LogP contribution in [0.15, 0.2) is 0 Å². The van der Waals surface area contributed by atoms with Crippen molar-refractivity contribution in [3.63, 3.8) is 0 Å². The van der Waals surface area contributed by atoms with Crippen LogP contribution >= 0.6 is 11.8 Å². The Morgan fingerprint density at radius 3 is 2.94 bits per heavy atom. The van der Waals surface area contributed by atoms with Gasteiger partial charge < -0.3 is 16.0 Å². The van der Waals surface area contributed by atoms with Gasteiger partial charge in [-0.2, -0.15) is 0 Å². The van der Waals surface area contributed by atoms with E-state index in [0.29, 0.717) is 31.1 Å². The first-order chi connectivity index (χ1) is 8.20. The van der Waals surface area contributed by atoms with Crippen LogP contribution in [0.3, 0.4) is 0 Å².